The number of aromatic nitrogens is 2. The normalized spacial score (nSPS) is 17.7. The van der Waals surface area contributed by atoms with E-state index in [9.17, 15) is 0 Å². The molecule has 1 aliphatic heterocycles. The van der Waals surface area contributed by atoms with Gasteiger partial charge in [0.15, 0.2) is 5.58 Å². The van der Waals surface area contributed by atoms with Crippen LogP contribution in [0.1, 0.15) is 54.7 Å². The summed E-state index contributed by atoms with van der Waals surface area (Å²) in [5.41, 5.74) is 4.96. The Balaban J connectivity index is 1.14. The molecule has 168 valence electrons. The highest BCUT2D eigenvalue weighted by atomic mass is 16.5. The van der Waals surface area contributed by atoms with Crippen molar-refractivity contribution in [1.82, 2.24) is 14.6 Å². The Morgan fingerprint density at radius 3 is 2.66 bits per heavy atom. The van der Waals surface area contributed by atoms with Gasteiger partial charge in [-0.3, -0.25) is 4.90 Å². The van der Waals surface area contributed by atoms with Gasteiger partial charge in [-0.2, -0.15) is 5.26 Å². The molecule has 0 radical (unpaired) electrons. The van der Waals surface area contributed by atoms with E-state index in [1.807, 2.05) is 17.7 Å². The summed E-state index contributed by atoms with van der Waals surface area (Å²) in [6, 6.07) is 10.4. The van der Waals surface area contributed by atoms with Crippen LogP contribution >= 0.6 is 0 Å². The topological polar surface area (TPSA) is 67.2 Å². The molecule has 3 aromatic rings. The molecule has 0 amide bonds. The van der Waals surface area contributed by atoms with Crippen molar-refractivity contribution in [1.29, 1.82) is 5.26 Å². The summed E-state index contributed by atoms with van der Waals surface area (Å²) in [5, 5.41) is 14.7. The number of benzene rings is 1. The van der Waals surface area contributed by atoms with E-state index in [0.29, 0.717) is 0 Å². The van der Waals surface area contributed by atoms with Crippen LogP contribution in [0.3, 0.4) is 0 Å². The number of aryl methyl sites for hydroxylation is 2. The Labute approximate surface area is 189 Å². The molecule has 2 fully saturated rings. The molecule has 1 aromatic carbocycles. The van der Waals surface area contributed by atoms with Gasteiger partial charge in [0.05, 0.1) is 12.3 Å². The maximum atomic E-state index is 9.15. The molecule has 0 bridgehead atoms. The minimum Gasteiger partial charge on any atom is -0.493 e. The fourth-order valence-corrected chi connectivity index (χ4v) is 4.82. The summed E-state index contributed by atoms with van der Waals surface area (Å²) in [5.74, 6) is 2.40. The third-order valence-corrected chi connectivity index (χ3v) is 7.31. The van der Waals surface area contributed by atoms with Crippen LogP contribution in [0.2, 0.25) is 0 Å². The summed E-state index contributed by atoms with van der Waals surface area (Å²) >= 11 is 0. The monoisotopic (exact) mass is 432 g/mol. The second-order valence-electron chi connectivity index (χ2n) is 9.59. The smallest absolute Gasteiger partial charge is 0.173 e. The van der Waals surface area contributed by atoms with Crippen LogP contribution in [0, 0.1) is 30.1 Å². The molecule has 3 heterocycles. The van der Waals surface area contributed by atoms with Crippen LogP contribution in [0.25, 0.3) is 11.0 Å². The Hall–Kier alpha value is -2.78. The van der Waals surface area contributed by atoms with Crippen molar-refractivity contribution in [3.05, 3.63) is 46.9 Å². The highest BCUT2D eigenvalue weighted by molar-refractivity contribution is 5.84. The number of piperidine rings is 1. The van der Waals surface area contributed by atoms with E-state index < -0.39 is 0 Å². The largest absolute Gasteiger partial charge is 0.493 e. The van der Waals surface area contributed by atoms with Crippen molar-refractivity contribution in [2.75, 3.05) is 19.7 Å². The van der Waals surface area contributed by atoms with Crippen LogP contribution in [0.5, 0.6) is 5.75 Å². The minimum absolute atomic E-state index is 0.725. The van der Waals surface area contributed by atoms with E-state index in [-0.39, 0.29) is 0 Å². The first-order valence-corrected chi connectivity index (χ1v) is 11.9. The second-order valence-corrected chi connectivity index (χ2v) is 9.59. The molecule has 2 aliphatic rings. The average molecular weight is 433 g/mol. The van der Waals surface area contributed by atoms with Gasteiger partial charge in [-0.05, 0) is 94.6 Å². The number of likely N-dealkylation sites (tertiary alicyclic amines) is 1. The van der Waals surface area contributed by atoms with Crippen molar-refractivity contribution in [3.8, 4) is 11.8 Å². The molecule has 1 aliphatic carbocycles. The van der Waals surface area contributed by atoms with E-state index in [4.69, 9.17) is 14.5 Å². The molecule has 0 unspecified atom stereocenters. The maximum Gasteiger partial charge on any atom is 0.173 e. The molecule has 0 spiro atoms. The standard InChI is InChI=1S/C26H32N4O2/c1-18-25(31-17-20-3-4-20)10-8-23-24(28-32-26(18)23)9-5-19-11-13-30(14-12-19)16-22-7-6-21(15-27)29(22)2/h6-8,10,19-20H,3-5,9,11-14,16-17H2,1-2H3. The van der Waals surface area contributed by atoms with E-state index in [1.54, 1.807) is 0 Å². The predicted octanol–water partition coefficient (Wildman–Crippen LogP) is 4.98. The molecule has 1 saturated carbocycles. The van der Waals surface area contributed by atoms with Crippen molar-refractivity contribution >= 4 is 11.0 Å². The molecular weight excluding hydrogens is 400 g/mol. The van der Waals surface area contributed by atoms with Crippen LogP contribution in [0.4, 0.5) is 0 Å². The third kappa shape index (κ3) is 4.40. The summed E-state index contributed by atoms with van der Waals surface area (Å²) in [7, 11) is 1.98. The number of rotatable bonds is 8. The van der Waals surface area contributed by atoms with Crippen LogP contribution in [-0.2, 0) is 20.0 Å². The summed E-state index contributed by atoms with van der Waals surface area (Å²) < 4.78 is 13.7. The first-order chi connectivity index (χ1) is 15.6. The van der Waals surface area contributed by atoms with E-state index >= 15 is 0 Å². The highest BCUT2D eigenvalue weighted by Crippen LogP contribution is 2.34. The number of nitrogens with zero attached hydrogens (tertiary/aromatic N) is 4. The summed E-state index contributed by atoms with van der Waals surface area (Å²) in [6.07, 6.45) is 7.12. The van der Waals surface area contributed by atoms with E-state index in [1.165, 1.54) is 31.4 Å². The van der Waals surface area contributed by atoms with E-state index in [2.05, 4.69) is 41.2 Å². The fourth-order valence-electron chi connectivity index (χ4n) is 4.82. The lowest BCUT2D eigenvalue weighted by Gasteiger charge is -2.32. The Kier molecular flexibility index (Phi) is 5.93. The number of fused-ring (bicyclic) bond motifs is 1. The first kappa shape index (κ1) is 21.1. The molecule has 0 N–H and O–H groups in total. The number of ether oxygens (including phenoxy) is 1. The van der Waals surface area contributed by atoms with Crippen molar-refractivity contribution < 1.29 is 9.26 Å². The lowest BCUT2D eigenvalue weighted by atomic mass is 9.91. The van der Waals surface area contributed by atoms with Gasteiger partial charge in [-0.15, -0.1) is 0 Å². The predicted molar refractivity (Wildman–Crippen MR) is 123 cm³/mol. The van der Waals surface area contributed by atoms with Gasteiger partial charge in [0.25, 0.3) is 0 Å². The average Bonchev–Trinajstić information content (AvgIpc) is 3.45. The zero-order valence-electron chi connectivity index (χ0n) is 19.1. The quantitative estimate of drug-likeness (QED) is 0.502. The van der Waals surface area contributed by atoms with Gasteiger partial charge in [0.2, 0.25) is 0 Å². The lowest BCUT2D eigenvalue weighted by Crippen LogP contribution is -2.33. The summed E-state index contributed by atoms with van der Waals surface area (Å²) in [6.45, 7) is 6.02. The highest BCUT2D eigenvalue weighted by Gasteiger charge is 2.24. The zero-order valence-corrected chi connectivity index (χ0v) is 19.1. The first-order valence-electron chi connectivity index (χ1n) is 11.9. The molecule has 32 heavy (non-hydrogen) atoms. The number of nitriles is 1. The van der Waals surface area contributed by atoms with Gasteiger partial charge in [-0.1, -0.05) is 5.16 Å². The molecular formula is C26H32N4O2. The molecule has 2 aromatic heterocycles. The molecule has 6 nitrogen and oxygen atoms in total. The lowest BCUT2D eigenvalue weighted by molar-refractivity contribution is 0.169. The van der Waals surface area contributed by atoms with Gasteiger partial charge < -0.3 is 13.8 Å². The van der Waals surface area contributed by atoms with Gasteiger partial charge in [-0.25, -0.2) is 0 Å². The Morgan fingerprint density at radius 2 is 1.94 bits per heavy atom. The van der Waals surface area contributed by atoms with Crippen LogP contribution < -0.4 is 4.74 Å². The maximum absolute atomic E-state index is 9.15. The van der Waals surface area contributed by atoms with E-state index in [0.717, 1.165) is 84.6 Å². The summed E-state index contributed by atoms with van der Waals surface area (Å²) in [4.78, 5) is 2.50. The molecule has 6 heteroatoms. The SMILES string of the molecule is Cc1c(OCC2CC2)ccc2c(CCC3CCN(Cc4ccc(C#N)n4C)CC3)noc12. The van der Waals surface area contributed by atoms with Crippen molar-refractivity contribution in [2.24, 2.45) is 18.9 Å². The molecule has 0 atom stereocenters. The van der Waals surface area contributed by atoms with Gasteiger partial charge in [0, 0.05) is 30.2 Å². The zero-order chi connectivity index (χ0) is 22.1. The van der Waals surface area contributed by atoms with Crippen molar-refractivity contribution in [3.63, 3.8) is 0 Å². The van der Waals surface area contributed by atoms with Gasteiger partial charge >= 0.3 is 0 Å². The molecule has 5 rings (SSSR count). The fraction of sp³-hybridized carbons (Fsp3) is 0.538. The minimum atomic E-state index is 0.725. The number of hydrogen-bond donors (Lipinski definition) is 0. The van der Waals surface area contributed by atoms with Crippen LogP contribution in [-0.4, -0.2) is 34.3 Å². The molecule has 1 saturated heterocycles. The Morgan fingerprint density at radius 1 is 1.12 bits per heavy atom. The van der Waals surface area contributed by atoms with Crippen molar-refractivity contribution in [2.45, 2.75) is 52.0 Å². The van der Waals surface area contributed by atoms with Crippen LogP contribution in [0.15, 0.2) is 28.8 Å². The third-order valence-electron chi connectivity index (χ3n) is 7.31. The Bertz CT molecular complexity index is 1130. The number of hydrogen-bond acceptors (Lipinski definition) is 5. The second kappa shape index (κ2) is 8.99. The van der Waals surface area contributed by atoms with Gasteiger partial charge in [0.1, 0.15) is 17.5 Å².